The van der Waals surface area contributed by atoms with Gasteiger partial charge < -0.3 is 19.2 Å². The molecule has 0 aliphatic carbocycles. The van der Waals surface area contributed by atoms with Gasteiger partial charge in [-0.1, -0.05) is 29.3 Å². The molecule has 2 unspecified atom stereocenters. The molecule has 1 amide bonds. The second-order valence-electron chi connectivity index (χ2n) is 10.0. The van der Waals surface area contributed by atoms with Crippen molar-refractivity contribution in [2.75, 3.05) is 26.1 Å². The largest absolute Gasteiger partial charge is 0.481 e. The van der Waals surface area contributed by atoms with Gasteiger partial charge in [0.15, 0.2) is 12.0 Å². The fraction of sp³-hybridized carbons (Fsp3) is 0.333. The molecule has 0 spiro atoms. The van der Waals surface area contributed by atoms with Gasteiger partial charge in [-0.05, 0) is 51.7 Å². The summed E-state index contributed by atoms with van der Waals surface area (Å²) in [7, 11) is 6.83. The lowest BCUT2D eigenvalue weighted by atomic mass is 10.0. The van der Waals surface area contributed by atoms with Crippen molar-refractivity contribution < 1.29 is 13.9 Å². The number of carbonyl (C=O) groups is 1. The maximum atomic E-state index is 14.8. The summed E-state index contributed by atoms with van der Waals surface area (Å²) in [6, 6.07) is 4.86. The van der Waals surface area contributed by atoms with Crippen LogP contribution in [0.4, 0.5) is 10.1 Å². The number of pyridine rings is 1. The third kappa shape index (κ3) is 4.47. The number of hydrogen-bond acceptors (Lipinski definition) is 7. The number of hydrogen-bond donors (Lipinski definition) is 1. The highest BCUT2D eigenvalue weighted by Gasteiger charge is 2.46. The lowest BCUT2D eigenvalue weighted by Gasteiger charge is -2.30. The van der Waals surface area contributed by atoms with Crippen LogP contribution in [0.2, 0.25) is 10.0 Å². The lowest BCUT2D eigenvalue weighted by Crippen LogP contribution is -2.41. The smallest absolute Gasteiger partial charge is 0.279 e. The highest BCUT2D eigenvalue weighted by Crippen LogP contribution is 2.44. The van der Waals surface area contributed by atoms with Gasteiger partial charge in [0, 0.05) is 25.5 Å². The normalized spacial score (nSPS) is 18.7. The Morgan fingerprint density at radius 2 is 1.88 bits per heavy atom. The van der Waals surface area contributed by atoms with Gasteiger partial charge in [-0.15, -0.1) is 0 Å². The molecule has 1 aromatic carbocycles. The lowest BCUT2D eigenvalue weighted by molar-refractivity contribution is 0.0989. The maximum absolute atomic E-state index is 14.8. The van der Waals surface area contributed by atoms with E-state index < -0.39 is 23.3 Å². The standard InChI is InChI=1S/C27H28Cl2FN7O3/c1-13(2)36-22-20(32-23(36)16-11-31-27(34(3)4)33-24(16)40-6)26(39)37(15-10-18(29)25(38)35(5)12-15)21(22)14-7-8-17(28)19(30)9-14/h7-13,21,27,31H,1-6H3. The molecule has 0 fully saturated rings. The van der Waals surface area contributed by atoms with E-state index in [1.165, 1.54) is 41.0 Å². The Hall–Kier alpha value is -3.67. The van der Waals surface area contributed by atoms with E-state index in [2.05, 4.69) is 10.3 Å². The van der Waals surface area contributed by atoms with Crippen molar-refractivity contribution in [1.29, 1.82) is 0 Å². The minimum Gasteiger partial charge on any atom is -0.481 e. The first-order valence-corrected chi connectivity index (χ1v) is 13.2. The van der Waals surface area contributed by atoms with Crippen molar-refractivity contribution in [3.63, 3.8) is 0 Å². The van der Waals surface area contributed by atoms with E-state index in [1.54, 1.807) is 19.3 Å². The van der Waals surface area contributed by atoms with Crippen molar-refractivity contribution in [2.45, 2.75) is 32.2 Å². The predicted octanol–water partition coefficient (Wildman–Crippen LogP) is 4.19. The number of amides is 1. The molecule has 210 valence electrons. The zero-order valence-corrected chi connectivity index (χ0v) is 24.2. The molecule has 3 aromatic rings. The Morgan fingerprint density at radius 3 is 2.48 bits per heavy atom. The van der Waals surface area contributed by atoms with E-state index in [1.807, 2.05) is 37.4 Å². The Morgan fingerprint density at radius 1 is 1.15 bits per heavy atom. The summed E-state index contributed by atoms with van der Waals surface area (Å²) >= 11 is 12.2. The van der Waals surface area contributed by atoms with Gasteiger partial charge in [0.25, 0.3) is 11.5 Å². The quantitative estimate of drug-likeness (QED) is 0.480. The molecule has 2 aliphatic heterocycles. The number of halogens is 3. The first-order valence-electron chi connectivity index (χ1n) is 12.5. The van der Waals surface area contributed by atoms with Crippen LogP contribution in [0.15, 0.2) is 46.4 Å². The van der Waals surface area contributed by atoms with E-state index in [0.717, 1.165) is 0 Å². The van der Waals surface area contributed by atoms with E-state index in [-0.39, 0.29) is 28.1 Å². The number of aryl methyl sites for hydroxylation is 1. The van der Waals surface area contributed by atoms with Gasteiger partial charge in [-0.2, -0.15) is 0 Å². The minimum absolute atomic E-state index is 0.0436. The number of carbonyl (C=O) groups excluding carboxylic acids is 1. The van der Waals surface area contributed by atoms with E-state index in [4.69, 9.17) is 32.9 Å². The zero-order valence-electron chi connectivity index (χ0n) is 22.7. The van der Waals surface area contributed by atoms with Crippen molar-refractivity contribution in [3.05, 3.63) is 85.7 Å². The van der Waals surface area contributed by atoms with Crippen molar-refractivity contribution in [3.8, 4) is 0 Å². The summed E-state index contributed by atoms with van der Waals surface area (Å²) in [5, 5.41) is 3.12. The van der Waals surface area contributed by atoms with Crippen molar-refractivity contribution >= 4 is 46.3 Å². The number of rotatable bonds is 5. The number of aromatic nitrogens is 3. The first-order chi connectivity index (χ1) is 18.9. The summed E-state index contributed by atoms with van der Waals surface area (Å²) < 4.78 is 23.6. The van der Waals surface area contributed by atoms with Crippen LogP contribution in [0.5, 0.6) is 0 Å². The molecule has 1 N–H and O–H groups in total. The minimum atomic E-state index is -0.805. The predicted molar refractivity (Wildman–Crippen MR) is 152 cm³/mol. The fourth-order valence-electron chi connectivity index (χ4n) is 5.00. The molecule has 13 heteroatoms. The second kappa shape index (κ2) is 10.4. The Balaban J connectivity index is 1.75. The zero-order chi connectivity index (χ0) is 29.0. The fourth-order valence-corrected chi connectivity index (χ4v) is 5.36. The van der Waals surface area contributed by atoms with Crippen LogP contribution in [-0.4, -0.2) is 58.3 Å². The molecular formula is C27H28Cl2FN7O3. The highest BCUT2D eigenvalue weighted by atomic mass is 35.5. The van der Waals surface area contributed by atoms with Crippen LogP contribution in [-0.2, 0) is 11.8 Å². The molecule has 5 rings (SSSR count). The average molecular weight is 588 g/mol. The second-order valence-corrected chi connectivity index (χ2v) is 10.9. The number of aliphatic imine (C=N–C) groups is 1. The molecule has 0 radical (unpaired) electrons. The van der Waals surface area contributed by atoms with Crippen LogP contribution in [0.3, 0.4) is 0 Å². The van der Waals surface area contributed by atoms with Crippen LogP contribution >= 0.6 is 23.2 Å². The molecule has 2 aliphatic rings. The summed E-state index contributed by atoms with van der Waals surface area (Å²) in [5.41, 5.74) is 1.72. The molecule has 0 bridgehead atoms. The number of ether oxygens (including phenoxy) is 1. The number of imidazole rings is 1. The number of fused-ring (bicyclic) bond motifs is 1. The van der Waals surface area contributed by atoms with Crippen molar-refractivity contribution in [1.82, 2.24) is 24.3 Å². The summed E-state index contributed by atoms with van der Waals surface area (Å²) in [6.07, 6.45) is 2.94. The van der Waals surface area contributed by atoms with E-state index in [0.29, 0.717) is 34.2 Å². The number of benzene rings is 1. The van der Waals surface area contributed by atoms with E-state index in [9.17, 15) is 14.0 Å². The first kappa shape index (κ1) is 27.9. The topological polar surface area (TPSA) is 97.0 Å². The number of nitrogens with zero attached hydrogens (tertiary/aromatic N) is 6. The van der Waals surface area contributed by atoms with Crippen LogP contribution in [0.1, 0.15) is 53.5 Å². The van der Waals surface area contributed by atoms with Gasteiger partial charge in [-0.25, -0.2) is 14.4 Å². The number of anilines is 1. The molecular weight excluding hydrogens is 560 g/mol. The van der Waals surface area contributed by atoms with Gasteiger partial charge >= 0.3 is 0 Å². The summed E-state index contributed by atoms with van der Waals surface area (Å²) in [6.45, 7) is 3.93. The number of nitrogens with one attached hydrogen (secondary N) is 1. The Bertz CT molecular complexity index is 1620. The molecule has 0 saturated carbocycles. The highest BCUT2D eigenvalue weighted by molar-refractivity contribution is 6.31. The molecule has 4 heterocycles. The Labute approximate surface area is 240 Å². The van der Waals surface area contributed by atoms with Gasteiger partial charge in [0.1, 0.15) is 22.7 Å². The van der Waals surface area contributed by atoms with Gasteiger partial charge in [0.2, 0.25) is 5.90 Å². The Kier molecular flexibility index (Phi) is 7.24. The van der Waals surface area contributed by atoms with Gasteiger partial charge in [0.05, 0.1) is 29.1 Å². The molecule has 0 saturated heterocycles. The maximum Gasteiger partial charge on any atom is 0.279 e. The summed E-state index contributed by atoms with van der Waals surface area (Å²) in [4.78, 5) is 39.2. The average Bonchev–Trinajstić information content (AvgIpc) is 3.43. The van der Waals surface area contributed by atoms with Crippen LogP contribution in [0.25, 0.3) is 5.57 Å². The third-order valence-corrected chi connectivity index (χ3v) is 7.41. The summed E-state index contributed by atoms with van der Waals surface area (Å²) in [5.74, 6) is -0.239. The van der Waals surface area contributed by atoms with Crippen LogP contribution in [0, 0.1) is 5.82 Å². The van der Waals surface area contributed by atoms with E-state index >= 15 is 0 Å². The molecule has 10 nitrogen and oxygen atoms in total. The molecule has 40 heavy (non-hydrogen) atoms. The third-order valence-electron chi connectivity index (χ3n) is 6.84. The van der Waals surface area contributed by atoms with Gasteiger partial charge in [-0.3, -0.25) is 19.4 Å². The number of methoxy groups -OCH3 is 1. The monoisotopic (exact) mass is 587 g/mol. The van der Waals surface area contributed by atoms with Crippen molar-refractivity contribution in [2.24, 2.45) is 12.0 Å². The molecule has 2 aromatic heterocycles. The molecule has 2 atom stereocenters. The van der Waals surface area contributed by atoms with Crippen LogP contribution < -0.4 is 15.8 Å². The SMILES string of the molecule is COC1=NC(N(C)C)NC=C1c1nc2c(n1C(C)C)C(c1ccc(Cl)c(F)c1)N(c1cc(Cl)c(=O)n(C)c1)C2=O.